The van der Waals surface area contributed by atoms with Gasteiger partial charge in [0.2, 0.25) is 0 Å². The highest BCUT2D eigenvalue weighted by molar-refractivity contribution is 7.98. The lowest BCUT2D eigenvalue weighted by Crippen LogP contribution is -2.16. The van der Waals surface area contributed by atoms with Crippen molar-refractivity contribution in [2.24, 2.45) is 5.73 Å². The van der Waals surface area contributed by atoms with Crippen LogP contribution in [0.2, 0.25) is 0 Å². The highest BCUT2D eigenvalue weighted by Gasteiger charge is 2.08. The second-order valence-electron chi connectivity index (χ2n) is 2.80. The van der Waals surface area contributed by atoms with Crippen LogP contribution in [-0.4, -0.2) is 20.0 Å². The third-order valence-corrected chi connectivity index (χ3v) is 2.70. The second-order valence-corrected chi connectivity index (χ2v) is 3.65. The zero-order chi connectivity index (χ0) is 9.68. The summed E-state index contributed by atoms with van der Waals surface area (Å²) in [6.07, 6.45) is 2.05. The molecule has 2 nitrogen and oxygen atoms in total. The van der Waals surface area contributed by atoms with E-state index in [9.17, 15) is 0 Å². The van der Waals surface area contributed by atoms with Crippen molar-refractivity contribution in [2.75, 3.05) is 20.0 Å². The molecule has 1 aromatic carbocycles. The van der Waals surface area contributed by atoms with Crippen LogP contribution < -0.4 is 5.73 Å². The fourth-order valence-corrected chi connectivity index (χ4v) is 1.91. The fourth-order valence-electron chi connectivity index (χ4n) is 1.24. The van der Waals surface area contributed by atoms with Crippen LogP contribution in [-0.2, 0) is 4.74 Å². The molecule has 0 aromatic heterocycles. The summed E-state index contributed by atoms with van der Waals surface area (Å²) in [5, 5.41) is 0. The Balaban J connectivity index is 2.85. The zero-order valence-electron chi connectivity index (χ0n) is 7.99. The van der Waals surface area contributed by atoms with Gasteiger partial charge in [-0.15, -0.1) is 11.8 Å². The standard InChI is InChI=1S/C10H15NOS/c1-12-7-9(11)8-5-3-4-6-10(8)13-2/h3-6,9H,7,11H2,1-2H3. The van der Waals surface area contributed by atoms with E-state index in [1.54, 1.807) is 18.9 Å². The molecule has 0 bridgehead atoms. The molecule has 1 atom stereocenters. The number of thioether (sulfide) groups is 1. The van der Waals surface area contributed by atoms with Gasteiger partial charge in [-0.2, -0.15) is 0 Å². The molecule has 0 aliphatic heterocycles. The highest BCUT2D eigenvalue weighted by Crippen LogP contribution is 2.24. The van der Waals surface area contributed by atoms with Crippen LogP contribution in [0.4, 0.5) is 0 Å². The quantitative estimate of drug-likeness (QED) is 0.750. The third-order valence-electron chi connectivity index (χ3n) is 1.88. The predicted octanol–water partition coefficient (Wildman–Crippen LogP) is 2.05. The molecule has 0 saturated heterocycles. The molecule has 1 unspecified atom stereocenters. The molecular formula is C10H15NOS. The lowest BCUT2D eigenvalue weighted by atomic mass is 10.1. The summed E-state index contributed by atoms with van der Waals surface area (Å²) >= 11 is 1.71. The van der Waals surface area contributed by atoms with E-state index in [2.05, 4.69) is 18.4 Å². The average Bonchev–Trinajstić information content (AvgIpc) is 2.18. The van der Waals surface area contributed by atoms with Crippen LogP contribution in [0.3, 0.4) is 0 Å². The van der Waals surface area contributed by atoms with Gasteiger partial charge in [0.05, 0.1) is 12.6 Å². The van der Waals surface area contributed by atoms with Crippen LogP contribution in [0.25, 0.3) is 0 Å². The minimum atomic E-state index is -0.0198. The van der Waals surface area contributed by atoms with E-state index in [1.165, 1.54) is 4.90 Å². The van der Waals surface area contributed by atoms with Gasteiger partial charge in [-0.3, -0.25) is 0 Å². The molecule has 13 heavy (non-hydrogen) atoms. The molecule has 0 amide bonds. The minimum absolute atomic E-state index is 0.0198. The first kappa shape index (κ1) is 10.6. The van der Waals surface area contributed by atoms with Gasteiger partial charge in [0.15, 0.2) is 0 Å². The van der Waals surface area contributed by atoms with Crippen molar-refractivity contribution in [2.45, 2.75) is 10.9 Å². The number of ether oxygens (including phenoxy) is 1. The average molecular weight is 197 g/mol. The van der Waals surface area contributed by atoms with Gasteiger partial charge in [0, 0.05) is 12.0 Å². The van der Waals surface area contributed by atoms with E-state index in [1.807, 2.05) is 12.1 Å². The second kappa shape index (κ2) is 5.27. The summed E-state index contributed by atoms with van der Waals surface area (Å²) in [7, 11) is 1.67. The van der Waals surface area contributed by atoms with Gasteiger partial charge in [0.25, 0.3) is 0 Å². The molecule has 0 aliphatic rings. The van der Waals surface area contributed by atoms with E-state index in [4.69, 9.17) is 10.5 Å². The summed E-state index contributed by atoms with van der Waals surface area (Å²) < 4.78 is 5.02. The Morgan fingerprint density at radius 2 is 2.15 bits per heavy atom. The Hall–Kier alpha value is -0.510. The van der Waals surface area contributed by atoms with E-state index < -0.39 is 0 Å². The van der Waals surface area contributed by atoms with Gasteiger partial charge < -0.3 is 10.5 Å². The summed E-state index contributed by atoms with van der Waals surface area (Å²) in [5.74, 6) is 0. The van der Waals surface area contributed by atoms with Gasteiger partial charge in [0.1, 0.15) is 0 Å². The van der Waals surface area contributed by atoms with Crippen molar-refractivity contribution in [1.29, 1.82) is 0 Å². The van der Waals surface area contributed by atoms with Crippen molar-refractivity contribution < 1.29 is 4.74 Å². The van der Waals surface area contributed by atoms with Gasteiger partial charge >= 0.3 is 0 Å². The van der Waals surface area contributed by atoms with E-state index in [0.717, 1.165) is 5.56 Å². The number of hydrogen-bond acceptors (Lipinski definition) is 3. The minimum Gasteiger partial charge on any atom is -0.383 e. The van der Waals surface area contributed by atoms with E-state index >= 15 is 0 Å². The van der Waals surface area contributed by atoms with Crippen LogP contribution in [0.15, 0.2) is 29.2 Å². The Kier molecular flexibility index (Phi) is 4.28. The molecule has 3 heteroatoms. The first-order valence-corrected chi connectivity index (χ1v) is 5.39. The Morgan fingerprint density at radius 1 is 1.46 bits per heavy atom. The van der Waals surface area contributed by atoms with Crippen molar-refractivity contribution in [1.82, 2.24) is 0 Å². The zero-order valence-corrected chi connectivity index (χ0v) is 8.80. The molecule has 0 aliphatic carbocycles. The summed E-state index contributed by atoms with van der Waals surface area (Å²) in [5.41, 5.74) is 7.11. The summed E-state index contributed by atoms with van der Waals surface area (Å²) in [6, 6.07) is 8.14. The number of hydrogen-bond donors (Lipinski definition) is 1. The first-order valence-electron chi connectivity index (χ1n) is 4.17. The number of methoxy groups -OCH3 is 1. The van der Waals surface area contributed by atoms with Crippen LogP contribution in [0, 0.1) is 0 Å². The Bertz CT molecular complexity index is 265. The van der Waals surface area contributed by atoms with E-state index in [-0.39, 0.29) is 6.04 Å². The largest absolute Gasteiger partial charge is 0.383 e. The summed E-state index contributed by atoms with van der Waals surface area (Å²) in [4.78, 5) is 1.23. The van der Waals surface area contributed by atoms with Gasteiger partial charge in [-0.25, -0.2) is 0 Å². The maximum Gasteiger partial charge on any atom is 0.0655 e. The normalized spacial score (nSPS) is 12.8. The molecule has 1 rings (SSSR count). The molecule has 0 fully saturated rings. The first-order chi connectivity index (χ1) is 6.29. The molecule has 72 valence electrons. The van der Waals surface area contributed by atoms with Crippen molar-refractivity contribution >= 4 is 11.8 Å². The van der Waals surface area contributed by atoms with E-state index in [0.29, 0.717) is 6.61 Å². The Labute approximate surface area is 83.5 Å². The maximum absolute atomic E-state index is 5.94. The Morgan fingerprint density at radius 3 is 2.77 bits per heavy atom. The molecule has 0 spiro atoms. The van der Waals surface area contributed by atoms with Crippen LogP contribution in [0.1, 0.15) is 11.6 Å². The lowest BCUT2D eigenvalue weighted by Gasteiger charge is -2.13. The smallest absolute Gasteiger partial charge is 0.0655 e. The monoisotopic (exact) mass is 197 g/mol. The topological polar surface area (TPSA) is 35.2 Å². The van der Waals surface area contributed by atoms with Crippen molar-refractivity contribution in [3.8, 4) is 0 Å². The predicted molar refractivity (Wildman–Crippen MR) is 57.0 cm³/mol. The number of benzene rings is 1. The lowest BCUT2D eigenvalue weighted by molar-refractivity contribution is 0.180. The fraction of sp³-hybridized carbons (Fsp3) is 0.400. The maximum atomic E-state index is 5.94. The highest BCUT2D eigenvalue weighted by atomic mass is 32.2. The van der Waals surface area contributed by atoms with Crippen molar-refractivity contribution in [3.05, 3.63) is 29.8 Å². The molecule has 0 radical (unpaired) electrons. The molecule has 2 N–H and O–H groups in total. The van der Waals surface area contributed by atoms with Gasteiger partial charge in [-0.1, -0.05) is 18.2 Å². The molecular weight excluding hydrogens is 182 g/mol. The molecule has 0 heterocycles. The third kappa shape index (κ3) is 2.72. The van der Waals surface area contributed by atoms with Crippen molar-refractivity contribution in [3.63, 3.8) is 0 Å². The number of rotatable bonds is 4. The molecule has 0 saturated carbocycles. The SMILES string of the molecule is COCC(N)c1ccccc1SC. The van der Waals surface area contributed by atoms with Crippen LogP contribution >= 0.6 is 11.8 Å². The summed E-state index contributed by atoms with van der Waals surface area (Å²) in [6.45, 7) is 0.567. The van der Waals surface area contributed by atoms with Gasteiger partial charge in [-0.05, 0) is 17.9 Å². The molecule has 1 aromatic rings. The van der Waals surface area contributed by atoms with Crippen LogP contribution in [0.5, 0.6) is 0 Å². The number of nitrogens with two attached hydrogens (primary N) is 1.